The molecule has 0 saturated heterocycles. The standard InChI is InChI=1S/C19H17F3N6O2/c1-3-7-27-17(29)14-16(26-18(27)30-2)25-15(24-14)11-9-23-28(10-11)13-6-4-5-12(8-13)19(20,21)22/h4-6,8-10H,3,7H2,1-2H3,(H,24,25). The Hall–Kier alpha value is -3.63. The predicted molar refractivity (Wildman–Crippen MR) is 103 cm³/mol. The second kappa shape index (κ2) is 7.32. The van der Waals surface area contributed by atoms with Crippen molar-refractivity contribution in [2.45, 2.75) is 26.1 Å². The van der Waals surface area contributed by atoms with Crippen molar-refractivity contribution in [2.24, 2.45) is 0 Å². The molecule has 1 N–H and O–H groups in total. The van der Waals surface area contributed by atoms with Crippen LogP contribution in [0.25, 0.3) is 28.2 Å². The molecule has 0 aliphatic rings. The summed E-state index contributed by atoms with van der Waals surface area (Å²) < 4.78 is 46.8. The van der Waals surface area contributed by atoms with Crippen LogP contribution in [0, 0.1) is 0 Å². The van der Waals surface area contributed by atoms with E-state index in [2.05, 4.69) is 20.1 Å². The van der Waals surface area contributed by atoms with E-state index in [4.69, 9.17) is 4.74 Å². The fourth-order valence-corrected chi connectivity index (χ4v) is 3.09. The average molecular weight is 418 g/mol. The highest BCUT2D eigenvalue weighted by atomic mass is 19.4. The van der Waals surface area contributed by atoms with Crippen molar-refractivity contribution in [3.8, 4) is 23.1 Å². The van der Waals surface area contributed by atoms with Crippen LogP contribution >= 0.6 is 0 Å². The Morgan fingerprint density at radius 2 is 2.03 bits per heavy atom. The van der Waals surface area contributed by atoms with Gasteiger partial charge in [0.1, 0.15) is 5.82 Å². The number of halogens is 3. The monoisotopic (exact) mass is 418 g/mol. The van der Waals surface area contributed by atoms with Gasteiger partial charge in [0.15, 0.2) is 11.2 Å². The van der Waals surface area contributed by atoms with Crippen LogP contribution in [-0.2, 0) is 12.7 Å². The van der Waals surface area contributed by atoms with Crippen LogP contribution < -0.4 is 10.3 Å². The van der Waals surface area contributed by atoms with Crippen molar-refractivity contribution < 1.29 is 17.9 Å². The fourth-order valence-electron chi connectivity index (χ4n) is 3.09. The van der Waals surface area contributed by atoms with Crippen LogP contribution in [0.4, 0.5) is 13.2 Å². The molecule has 0 amide bonds. The van der Waals surface area contributed by atoms with Crippen LogP contribution in [0.3, 0.4) is 0 Å². The number of benzene rings is 1. The van der Waals surface area contributed by atoms with E-state index in [-0.39, 0.29) is 28.4 Å². The molecule has 0 spiro atoms. The maximum atomic E-state index is 13.0. The minimum absolute atomic E-state index is 0.159. The van der Waals surface area contributed by atoms with Gasteiger partial charge in [-0.1, -0.05) is 13.0 Å². The van der Waals surface area contributed by atoms with E-state index in [9.17, 15) is 18.0 Å². The molecule has 0 bridgehead atoms. The number of ether oxygens (including phenoxy) is 1. The molecule has 3 heterocycles. The first-order valence-corrected chi connectivity index (χ1v) is 9.09. The van der Waals surface area contributed by atoms with Gasteiger partial charge >= 0.3 is 12.2 Å². The summed E-state index contributed by atoms with van der Waals surface area (Å²) in [6.45, 7) is 2.36. The number of H-pyrrole nitrogens is 1. The van der Waals surface area contributed by atoms with Gasteiger partial charge in [0.2, 0.25) is 0 Å². The highest BCUT2D eigenvalue weighted by molar-refractivity contribution is 5.75. The summed E-state index contributed by atoms with van der Waals surface area (Å²) in [6.07, 6.45) is -0.767. The van der Waals surface area contributed by atoms with E-state index in [1.165, 1.54) is 40.9 Å². The third-order valence-corrected chi connectivity index (χ3v) is 4.50. The van der Waals surface area contributed by atoms with E-state index in [0.29, 0.717) is 24.4 Å². The number of fused-ring (bicyclic) bond motifs is 1. The molecule has 1 aromatic carbocycles. The molecule has 0 unspecified atom stereocenters. The lowest BCUT2D eigenvalue weighted by molar-refractivity contribution is -0.137. The lowest BCUT2D eigenvalue weighted by Gasteiger charge is -2.08. The zero-order valence-electron chi connectivity index (χ0n) is 16.1. The number of nitrogens with one attached hydrogen (secondary N) is 1. The van der Waals surface area contributed by atoms with E-state index in [1.807, 2.05) is 6.92 Å². The first-order valence-electron chi connectivity index (χ1n) is 9.09. The summed E-state index contributed by atoms with van der Waals surface area (Å²) in [4.78, 5) is 24.3. The molecule has 0 radical (unpaired) electrons. The van der Waals surface area contributed by atoms with Gasteiger partial charge in [0, 0.05) is 12.7 Å². The lowest BCUT2D eigenvalue weighted by Crippen LogP contribution is -2.23. The van der Waals surface area contributed by atoms with Crippen molar-refractivity contribution in [3.05, 3.63) is 52.6 Å². The van der Waals surface area contributed by atoms with Crippen LogP contribution in [0.5, 0.6) is 6.01 Å². The normalized spacial score (nSPS) is 11.9. The molecule has 30 heavy (non-hydrogen) atoms. The molecule has 11 heteroatoms. The molecule has 0 saturated carbocycles. The van der Waals surface area contributed by atoms with Crippen molar-refractivity contribution in [2.75, 3.05) is 7.11 Å². The Morgan fingerprint density at radius 1 is 1.23 bits per heavy atom. The molecule has 4 rings (SSSR count). The van der Waals surface area contributed by atoms with Crippen LogP contribution in [-0.4, -0.2) is 36.4 Å². The topological polar surface area (TPSA) is 90.6 Å². The molecule has 3 aromatic heterocycles. The third kappa shape index (κ3) is 3.42. The number of nitrogens with zero attached hydrogens (tertiary/aromatic N) is 5. The number of methoxy groups -OCH3 is 1. The Bertz CT molecular complexity index is 1270. The van der Waals surface area contributed by atoms with E-state index in [1.54, 1.807) is 0 Å². The largest absolute Gasteiger partial charge is 0.468 e. The van der Waals surface area contributed by atoms with Crippen LogP contribution in [0.1, 0.15) is 18.9 Å². The summed E-state index contributed by atoms with van der Waals surface area (Å²) in [5.74, 6) is 0.323. The van der Waals surface area contributed by atoms with E-state index < -0.39 is 11.7 Å². The van der Waals surface area contributed by atoms with Gasteiger partial charge in [0.05, 0.1) is 30.1 Å². The number of rotatable bonds is 5. The number of alkyl halides is 3. The maximum absolute atomic E-state index is 13.0. The average Bonchev–Trinajstić information content (AvgIpc) is 3.37. The number of aromatic nitrogens is 6. The molecule has 156 valence electrons. The minimum atomic E-state index is -4.45. The number of aromatic amines is 1. The summed E-state index contributed by atoms with van der Waals surface area (Å²) in [7, 11) is 1.42. The lowest BCUT2D eigenvalue weighted by atomic mass is 10.2. The Morgan fingerprint density at radius 3 is 2.73 bits per heavy atom. The zero-order chi connectivity index (χ0) is 21.5. The SMILES string of the molecule is CCCn1c(OC)nc2nc(-c3cnn(-c4cccc(C(F)(F)F)c4)c3)[nH]c2c1=O. The molecule has 0 atom stereocenters. The van der Waals surface area contributed by atoms with Crippen LogP contribution in [0.15, 0.2) is 41.5 Å². The molecular formula is C19H17F3N6O2. The molecule has 4 aromatic rings. The first-order chi connectivity index (χ1) is 14.3. The Labute approximate surface area is 168 Å². The number of hydrogen-bond acceptors (Lipinski definition) is 5. The van der Waals surface area contributed by atoms with Gasteiger partial charge in [0.25, 0.3) is 5.56 Å². The molecule has 8 nitrogen and oxygen atoms in total. The highest BCUT2D eigenvalue weighted by Crippen LogP contribution is 2.30. The van der Waals surface area contributed by atoms with E-state index in [0.717, 1.165) is 12.1 Å². The summed E-state index contributed by atoms with van der Waals surface area (Å²) in [5, 5.41) is 4.12. The fraction of sp³-hybridized carbons (Fsp3) is 0.263. The van der Waals surface area contributed by atoms with Crippen LogP contribution in [0.2, 0.25) is 0 Å². The van der Waals surface area contributed by atoms with Gasteiger partial charge in [-0.15, -0.1) is 0 Å². The smallest absolute Gasteiger partial charge is 0.416 e. The predicted octanol–water partition coefficient (Wildman–Crippen LogP) is 3.41. The van der Waals surface area contributed by atoms with Gasteiger partial charge < -0.3 is 9.72 Å². The summed E-state index contributed by atoms with van der Waals surface area (Å²) in [6, 6.07) is 4.99. The minimum Gasteiger partial charge on any atom is -0.468 e. The van der Waals surface area contributed by atoms with Gasteiger partial charge in [-0.05, 0) is 24.6 Å². The van der Waals surface area contributed by atoms with Crippen molar-refractivity contribution >= 4 is 11.2 Å². The molecule has 0 fully saturated rings. The van der Waals surface area contributed by atoms with Gasteiger partial charge in [-0.2, -0.15) is 23.3 Å². The second-order valence-corrected chi connectivity index (χ2v) is 6.56. The molecular weight excluding hydrogens is 401 g/mol. The van der Waals surface area contributed by atoms with Crippen molar-refractivity contribution in [3.63, 3.8) is 0 Å². The summed E-state index contributed by atoms with van der Waals surface area (Å²) in [5.41, 5.74) is 0.0523. The number of imidazole rings is 1. The quantitative estimate of drug-likeness (QED) is 0.536. The molecule has 0 aliphatic carbocycles. The summed E-state index contributed by atoms with van der Waals surface area (Å²) >= 11 is 0. The zero-order valence-corrected chi connectivity index (χ0v) is 16.1. The van der Waals surface area contributed by atoms with Gasteiger partial charge in [-0.25, -0.2) is 9.67 Å². The second-order valence-electron chi connectivity index (χ2n) is 6.56. The maximum Gasteiger partial charge on any atom is 0.416 e. The van der Waals surface area contributed by atoms with Crippen molar-refractivity contribution in [1.29, 1.82) is 0 Å². The van der Waals surface area contributed by atoms with Gasteiger partial charge in [-0.3, -0.25) is 9.36 Å². The van der Waals surface area contributed by atoms with E-state index >= 15 is 0 Å². The molecule has 0 aliphatic heterocycles. The number of hydrogen-bond donors (Lipinski definition) is 1. The third-order valence-electron chi connectivity index (χ3n) is 4.50. The highest BCUT2D eigenvalue weighted by Gasteiger charge is 2.30. The van der Waals surface area contributed by atoms with Crippen molar-refractivity contribution in [1.82, 2.24) is 29.3 Å². The Balaban J connectivity index is 1.75. The Kier molecular flexibility index (Phi) is 4.80. The first kappa shape index (κ1) is 19.7.